The minimum atomic E-state index is -0.251. The van der Waals surface area contributed by atoms with E-state index in [-0.39, 0.29) is 18.5 Å². The van der Waals surface area contributed by atoms with E-state index >= 15 is 0 Å². The number of nitrogens with zero attached hydrogens (tertiary/aromatic N) is 2. The second-order valence-electron chi connectivity index (χ2n) is 5.55. The Morgan fingerprint density at radius 1 is 1.26 bits per heavy atom. The summed E-state index contributed by atoms with van der Waals surface area (Å²) in [5, 5.41) is 19.9. The SMILES string of the molecule is CCC(CO)NC1=CC=C2NC=C(c3ccc(F)cc3)N2N1C. The van der Waals surface area contributed by atoms with Crippen LogP contribution in [0.5, 0.6) is 0 Å². The molecule has 6 heteroatoms. The van der Waals surface area contributed by atoms with Gasteiger partial charge < -0.3 is 15.7 Å². The summed E-state index contributed by atoms with van der Waals surface area (Å²) in [4.78, 5) is 0. The highest BCUT2D eigenvalue weighted by molar-refractivity contribution is 5.68. The van der Waals surface area contributed by atoms with Crippen LogP contribution in [0.3, 0.4) is 0 Å². The van der Waals surface area contributed by atoms with E-state index in [2.05, 4.69) is 10.6 Å². The predicted molar refractivity (Wildman–Crippen MR) is 87.6 cm³/mol. The van der Waals surface area contributed by atoms with E-state index in [9.17, 15) is 9.50 Å². The van der Waals surface area contributed by atoms with Gasteiger partial charge in [-0.3, -0.25) is 5.01 Å². The zero-order valence-electron chi connectivity index (χ0n) is 13.3. The Bertz CT molecular complexity index is 662. The molecule has 0 radical (unpaired) electrons. The second-order valence-corrected chi connectivity index (χ2v) is 5.55. The third-order valence-electron chi connectivity index (χ3n) is 4.07. The zero-order valence-corrected chi connectivity index (χ0v) is 13.3. The third-order valence-corrected chi connectivity index (χ3v) is 4.07. The fraction of sp³-hybridized carbons (Fsp3) is 0.294. The lowest BCUT2D eigenvalue weighted by molar-refractivity contribution is 0.122. The molecule has 0 fully saturated rings. The molecule has 1 aromatic carbocycles. The van der Waals surface area contributed by atoms with E-state index in [1.807, 2.05) is 42.3 Å². The topological polar surface area (TPSA) is 50.8 Å². The highest BCUT2D eigenvalue weighted by atomic mass is 19.1. The number of hydrogen-bond donors (Lipinski definition) is 3. The van der Waals surface area contributed by atoms with Crippen molar-refractivity contribution in [2.75, 3.05) is 13.7 Å². The Kier molecular flexibility index (Phi) is 4.25. The first-order valence-corrected chi connectivity index (χ1v) is 7.69. The van der Waals surface area contributed by atoms with Crippen LogP contribution in [0.25, 0.3) is 5.70 Å². The van der Waals surface area contributed by atoms with E-state index in [0.29, 0.717) is 0 Å². The van der Waals surface area contributed by atoms with Gasteiger partial charge >= 0.3 is 0 Å². The monoisotopic (exact) mass is 316 g/mol. The van der Waals surface area contributed by atoms with Gasteiger partial charge in [0.05, 0.1) is 18.3 Å². The molecule has 3 rings (SSSR count). The number of halogens is 1. The molecule has 1 aromatic rings. The van der Waals surface area contributed by atoms with E-state index in [1.54, 1.807) is 12.1 Å². The lowest BCUT2D eigenvalue weighted by atomic mass is 10.1. The van der Waals surface area contributed by atoms with Crippen molar-refractivity contribution in [2.24, 2.45) is 0 Å². The first kappa shape index (κ1) is 15.4. The summed E-state index contributed by atoms with van der Waals surface area (Å²) in [6, 6.07) is 6.43. The lowest BCUT2D eigenvalue weighted by Gasteiger charge is -2.39. The van der Waals surface area contributed by atoms with Gasteiger partial charge in [-0.1, -0.05) is 6.92 Å². The fourth-order valence-corrected chi connectivity index (χ4v) is 2.66. The average Bonchev–Trinajstić information content (AvgIpc) is 3.00. The Morgan fingerprint density at radius 3 is 2.65 bits per heavy atom. The first-order chi connectivity index (χ1) is 11.1. The predicted octanol–water partition coefficient (Wildman–Crippen LogP) is 1.93. The van der Waals surface area contributed by atoms with Crippen LogP contribution in [0.15, 0.2) is 54.3 Å². The lowest BCUT2D eigenvalue weighted by Crippen LogP contribution is -2.46. The Hall–Kier alpha value is -2.47. The van der Waals surface area contributed by atoms with Gasteiger partial charge in [-0.15, -0.1) is 0 Å². The second kappa shape index (κ2) is 6.34. The summed E-state index contributed by atoms with van der Waals surface area (Å²) < 4.78 is 13.2. The fourth-order valence-electron chi connectivity index (χ4n) is 2.66. The molecule has 0 saturated heterocycles. The molecule has 2 aliphatic rings. The number of hydrazine groups is 1. The highest BCUT2D eigenvalue weighted by Gasteiger charge is 2.29. The number of aliphatic hydroxyl groups excluding tert-OH is 1. The molecule has 0 bridgehead atoms. The number of benzene rings is 1. The van der Waals surface area contributed by atoms with Gasteiger partial charge in [0, 0.05) is 18.8 Å². The first-order valence-electron chi connectivity index (χ1n) is 7.69. The average molecular weight is 316 g/mol. The van der Waals surface area contributed by atoms with E-state index in [4.69, 9.17) is 0 Å². The third kappa shape index (κ3) is 2.90. The number of nitrogens with one attached hydrogen (secondary N) is 2. The Morgan fingerprint density at radius 2 is 2.00 bits per heavy atom. The molecule has 0 aromatic heterocycles. The summed E-state index contributed by atoms with van der Waals surface area (Å²) >= 11 is 0. The standard InChI is InChI=1S/C17H21FN4O/c1-3-14(11-23)20-17-9-8-16-19-10-15(22(16)21(17)2)12-4-6-13(18)7-5-12/h4-10,14,19-20,23H,3,11H2,1-2H3. The smallest absolute Gasteiger partial charge is 0.130 e. The van der Waals surface area contributed by atoms with E-state index in [1.165, 1.54) is 12.1 Å². The quantitative estimate of drug-likeness (QED) is 0.775. The van der Waals surface area contributed by atoms with Gasteiger partial charge in [-0.2, -0.15) is 0 Å². The van der Waals surface area contributed by atoms with Crippen LogP contribution in [0.2, 0.25) is 0 Å². The van der Waals surface area contributed by atoms with Crippen molar-refractivity contribution in [3.05, 3.63) is 65.6 Å². The van der Waals surface area contributed by atoms with Crippen LogP contribution >= 0.6 is 0 Å². The molecule has 0 amide bonds. The largest absolute Gasteiger partial charge is 0.394 e. The molecule has 122 valence electrons. The molecule has 2 aliphatic heterocycles. The van der Waals surface area contributed by atoms with Crippen LogP contribution in [-0.2, 0) is 0 Å². The maximum Gasteiger partial charge on any atom is 0.130 e. The normalized spacial score (nSPS) is 17.8. The van der Waals surface area contributed by atoms with Gasteiger partial charge in [0.15, 0.2) is 0 Å². The van der Waals surface area contributed by atoms with Crippen molar-refractivity contribution in [3.63, 3.8) is 0 Å². The van der Waals surface area contributed by atoms with Crippen molar-refractivity contribution >= 4 is 5.70 Å². The number of aliphatic hydroxyl groups is 1. The molecule has 1 atom stereocenters. The Labute approximate surface area is 135 Å². The maximum absolute atomic E-state index is 13.2. The molecule has 0 aliphatic carbocycles. The summed E-state index contributed by atoms with van der Waals surface area (Å²) in [6.07, 6.45) is 6.67. The van der Waals surface area contributed by atoms with Crippen molar-refractivity contribution in [2.45, 2.75) is 19.4 Å². The summed E-state index contributed by atoms with van der Waals surface area (Å²) in [5.41, 5.74) is 1.85. The molecule has 0 saturated carbocycles. The van der Waals surface area contributed by atoms with Crippen LogP contribution < -0.4 is 10.6 Å². The summed E-state index contributed by atoms with van der Waals surface area (Å²) in [6.45, 7) is 2.11. The van der Waals surface area contributed by atoms with Crippen LogP contribution in [0.4, 0.5) is 4.39 Å². The van der Waals surface area contributed by atoms with E-state index < -0.39 is 0 Å². The van der Waals surface area contributed by atoms with Gasteiger partial charge in [-0.25, -0.2) is 9.40 Å². The van der Waals surface area contributed by atoms with Crippen LogP contribution in [0, 0.1) is 5.82 Å². The molecule has 0 spiro atoms. The number of rotatable bonds is 5. The van der Waals surface area contributed by atoms with Crippen molar-refractivity contribution < 1.29 is 9.50 Å². The molecule has 1 unspecified atom stereocenters. The molecule has 23 heavy (non-hydrogen) atoms. The molecular formula is C17H21FN4O. The summed E-state index contributed by atoms with van der Waals surface area (Å²) in [7, 11) is 1.94. The van der Waals surface area contributed by atoms with Gasteiger partial charge in [0.2, 0.25) is 0 Å². The maximum atomic E-state index is 13.2. The molecule has 2 heterocycles. The van der Waals surface area contributed by atoms with Gasteiger partial charge in [0.1, 0.15) is 17.5 Å². The van der Waals surface area contributed by atoms with E-state index in [0.717, 1.165) is 29.3 Å². The number of hydrogen-bond acceptors (Lipinski definition) is 5. The van der Waals surface area contributed by atoms with Crippen molar-refractivity contribution in [3.8, 4) is 0 Å². The zero-order chi connectivity index (χ0) is 16.4. The summed E-state index contributed by atoms with van der Waals surface area (Å²) in [5.74, 6) is 1.57. The highest BCUT2D eigenvalue weighted by Crippen LogP contribution is 2.31. The molecule has 5 nitrogen and oxygen atoms in total. The van der Waals surface area contributed by atoms with Crippen LogP contribution in [-0.4, -0.2) is 34.8 Å². The molecular weight excluding hydrogens is 295 g/mol. The van der Waals surface area contributed by atoms with Crippen LogP contribution in [0.1, 0.15) is 18.9 Å². The number of fused-ring (bicyclic) bond motifs is 1. The van der Waals surface area contributed by atoms with Gasteiger partial charge in [-0.05, 0) is 42.8 Å². The molecule has 3 N–H and O–H groups in total. The van der Waals surface area contributed by atoms with Crippen molar-refractivity contribution in [1.82, 2.24) is 20.7 Å². The minimum Gasteiger partial charge on any atom is -0.394 e. The number of allylic oxidation sites excluding steroid dienone is 2. The van der Waals surface area contributed by atoms with Gasteiger partial charge in [0.25, 0.3) is 0 Å². The van der Waals surface area contributed by atoms with Crippen molar-refractivity contribution in [1.29, 1.82) is 0 Å². The minimum absolute atomic E-state index is 0.00691. The Balaban J connectivity index is 1.84.